The summed E-state index contributed by atoms with van der Waals surface area (Å²) in [6, 6.07) is 16.4. The van der Waals surface area contributed by atoms with Gasteiger partial charge < -0.3 is 5.32 Å². The van der Waals surface area contributed by atoms with Gasteiger partial charge in [0.15, 0.2) is 0 Å². The smallest absolute Gasteiger partial charge is 0.238 e. The van der Waals surface area contributed by atoms with E-state index in [1.54, 1.807) is 16.8 Å². The predicted octanol–water partition coefficient (Wildman–Crippen LogP) is 4.48. The van der Waals surface area contributed by atoms with Crippen LogP contribution in [0.1, 0.15) is 29.0 Å². The molecule has 0 bridgehead atoms. The minimum absolute atomic E-state index is 0.104. The Balaban J connectivity index is 1.94. The Hall–Kier alpha value is -2.60. The van der Waals surface area contributed by atoms with Crippen molar-refractivity contribution in [2.24, 2.45) is 0 Å². The van der Waals surface area contributed by atoms with Crippen molar-refractivity contribution in [2.45, 2.75) is 24.3 Å². The zero-order chi connectivity index (χ0) is 18.3. The molecular weight excluding hydrogens is 349 g/mol. The number of rotatable bonds is 2. The van der Waals surface area contributed by atoms with Gasteiger partial charge in [0.1, 0.15) is 11.6 Å². The summed E-state index contributed by atoms with van der Waals surface area (Å²) in [5.74, 6) is 0.236. The number of halogens is 1. The highest BCUT2D eigenvalue weighted by Crippen LogP contribution is 2.46. The number of para-hydroxylation sites is 1. The molecule has 1 aromatic heterocycles. The van der Waals surface area contributed by atoms with Crippen LogP contribution in [0.15, 0.2) is 54.6 Å². The van der Waals surface area contributed by atoms with Crippen LogP contribution in [-0.2, 0) is 4.79 Å². The third-order valence-electron chi connectivity index (χ3n) is 4.51. The van der Waals surface area contributed by atoms with Crippen LogP contribution in [0.3, 0.4) is 0 Å². The number of thioether (sulfide) groups is 1. The molecule has 2 aromatic carbocycles. The van der Waals surface area contributed by atoms with Gasteiger partial charge in [0, 0.05) is 11.1 Å². The van der Waals surface area contributed by atoms with Crippen LogP contribution in [0.4, 0.5) is 10.2 Å². The molecule has 1 amide bonds. The number of amides is 1. The highest BCUT2D eigenvalue weighted by atomic mass is 32.2. The first-order valence-corrected chi connectivity index (χ1v) is 9.36. The zero-order valence-electron chi connectivity index (χ0n) is 14.4. The molecule has 0 radical (unpaired) electrons. The van der Waals surface area contributed by atoms with Gasteiger partial charge in [0.05, 0.1) is 21.9 Å². The Morgan fingerprint density at radius 2 is 1.81 bits per heavy atom. The summed E-state index contributed by atoms with van der Waals surface area (Å²) in [4.78, 5) is 12.6. The van der Waals surface area contributed by atoms with E-state index in [1.807, 2.05) is 50.2 Å². The number of aryl methyl sites for hydroxylation is 1. The molecule has 0 unspecified atom stereocenters. The molecule has 0 spiro atoms. The normalized spacial score (nSPS) is 19.6. The molecule has 4 rings (SSSR count). The number of carbonyl (C=O) groups is 1. The van der Waals surface area contributed by atoms with E-state index in [0.717, 1.165) is 16.9 Å². The Bertz CT molecular complexity index is 970. The Kier molecular flexibility index (Phi) is 4.28. The molecular formula is C20H18FN3OS. The second-order valence-corrected chi connectivity index (χ2v) is 7.71. The molecule has 3 aromatic rings. The maximum Gasteiger partial charge on any atom is 0.238 e. The number of carbonyl (C=O) groups excluding carboxylic acids is 1. The van der Waals surface area contributed by atoms with Gasteiger partial charge in [-0.3, -0.25) is 4.79 Å². The summed E-state index contributed by atoms with van der Waals surface area (Å²) in [6.07, 6.45) is 0. The topological polar surface area (TPSA) is 46.9 Å². The second-order valence-electron chi connectivity index (χ2n) is 6.26. The third-order valence-corrected chi connectivity index (χ3v) is 5.89. The number of nitrogens with one attached hydrogen (secondary N) is 1. The fourth-order valence-corrected chi connectivity index (χ4v) is 4.55. The summed E-state index contributed by atoms with van der Waals surface area (Å²) < 4.78 is 16.3. The van der Waals surface area contributed by atoms with Crippen molar-refractivity contribution in [2.75, 3.05) is 5.32 Å². The first kappa shape index (κ1) is 16.8. The van der Waals surface area contributed by atoms with Crippen LogP contribution < -0.4 is 5.32 Å². The molecule has 4 nitrogen and oxygen atoms in total. The number of aromatic nitrogens is 2. The summed E-state index contributed by atoms with van der Waals surface area (Å²) in [5.41, 5.74) is 3.04. The summed E-state index contributed by atoms with van der Waals surface area (Å²) >= 11 is 1.44. The van der Waals surface area contributed by atoms with Gasteiger partial charge in [-0.05, 0) is 32.0 Å². The van der Waals surface area contributed by atoms with Crippen molar-refractivity contribution in [3.63, 3.8) is 0 Å². The van der Waals surface area contributed by atoms with E-state index in [0.29, 0.717) is 11.4 Å². The largest absolute Gasteiger partial charge is 0.309 e. The van der Waals surface area contributed by atoms with Crippen LogP contribution >= 0.6 is 11.8 Å². The van der Waals surface area contributed by atoms with E-state index in [1.165, 1.54) is 17.8 Å². The van der Waals surface area contributed by atoms with Gasteiger partial charge >= 0.3 is 0 Å². The number of nitrogens with zero attached hydrogens (tertiary/aromatic N) is 2. The number of benzene rings is 2. The number of anilines is 1. The average molecular weight is 367 g/mol. The van der Waals surface area contributed by atoms with Crippen molar-refractivity contribution >= 4 is 23.5 Å². The van der Waals surface area contributed by atoms with Crippen LogP contribution in [0.5, 0.6) is 0 Å². The van der Waals surface area contributed by atoms with Crippen LogP contribution in [0.25, 0.3) is 5.69 Å². The molecule has 2 atom stereocenters. The van der Waals surface area contributed by atoms with Gasteiger partial charge in [0.25, 0.3) is 0 Å². The van der Waals surface area contributed by atoms with Crippen molar-refractivity contribution in [1.82, 2.24) is 9.78 Å². The molecule has 0 aliphatic carbocycles. The zero-order valence-corrected chi connectivity index (χ0v) is 15.3. The summed E-state index contributed by atoms with van der Waals surface area (Å²) in [5, 5.41) is 7.02. The molecule has 0 saturated heterocycles. The van der Waals surface area contributed by atoms with E-state index < -0.39 is 0 Å². The van der Waals surface area contributed by atoms with E-state index in [2.05, 4.69) is 10.4 Å². The van der Waals surface area contributed by atoms with Gasteiger partial charge in [-0.1, -0.05) is 36.4 Å². The van der Waals surface area contributed by atoms with Gasteiger partial charge in [-0.15, -0.1) is 11.8 Å². The highest BCUT2D eigenvalue weighted by molar-refractivity contribution is 8.01. The monoisotopic (exact) mass is 367 g/mol. The van der Waals surface area contributed by atoms with E-state index in [4.69, 9.17) is 0 Å². The summed E-state index contributed by atoms with van der Waals surface area (Å²) in [7, 11) is 0. The minimum Gasteiger partial charge on any atom is -0.309 e. The molecule has 0 saturated carbocycles. The highest BCUT2D eigenvalue weighted by Gasteiger charge is 2.35. The van der Waals surface area contributed by atoms with Crippen LogP contribution in [0.2, 0.25) is 0 Å². The molecule has 0 fully saturated rings. The standard InChI is InChI=1S/C20H18FN3OS/c1-12-17-18(15-10-6-7-11-16(15)21)26-13(2)20(25)22-19(17)24(23-12)14-8-4-3-5-9-14/h3-11,13,18H,1-2H3,(H,22,25)/t13-,18-/m1/s1. The molecule has 1 aliphatic rings. The van der Waals surface area contributed by atoms with Gasteiger partial charge in [0.2, 0.25) is 5.91 Å². The Labute approximate surface area is 155 Å². The van der Waals surface area contributed by atoms with E-state index in [9.17, 15) is 9.18 Å². The molecule has 2 heterocycles. The van der Waals surface area contributed by atoms with Crippen LogP contribution in [0, 0.1) is 12.7 Å². The Morgan fingerprint density at radius 1 is 1.12 bits per heavy atom. The Morgan fingerprint density at radius 3 is 2.54 bits per heavy atom. The first-order chi connectivity index (χ1) is 12.6. The maximum atomic E-state index is 14.5. The van der Waals surface area contributed by atoms with E-state index in [-0.39, 0.29) is 22.2 Å². The minimum atomic E-state index is -0.310. The fraction of sp³-hybridized carbons (Fsp3) is 0.200. The lowest BCUT2D eigenvalue weighted by molar-refractivity contribution is -0.115. The average Bonchev–Trinajstić information content (AvgIpc) is 2.89. The lowest BCUT2D eigenvalue weighted by Gasteiger charge is -2.18. The van der Waals surface area contributed by atoms with Gasteiger partial charge in [-0.25, -0.2) is 9.07 Å². The van der Waals surface area contributed by atoms with Crippen molar-refractivity contribution in [3.8, 4) is 5.69 Å². The quantitative estimate of drug-likeness (QED) is 0.726. The molecule has 6 heteroatoms. The molecule has 1 aliphatic heterocycles. The van der Waals surface area contributed by atoms with Gasteiger partial charge in [-0.2, -0.15) is 5.10 Å². The van der Waals surface area contributed by atoms with Crippen molar-refractivity contribution in [1.29, 1.82) is 0 Å². The molecule has 132 valence electrons. The van der Waals surface area contributed by atoms with Crippen molar-refractivity contribution < 1.29 is 9.18 Å². The SMILES string of the molecule is Cc1nn(-c2ccccc2)c2c1[C@@H](c1ccccc1F)S[C@H](C)C(=O)N2. The molecule has 1 N–H and O–H groups in total. The molecule has 26 heavy (non-hydrogen) atoms. The van der Waals surface area contributed by atoms with E-state index >= 15 is 0 Å². The number of fused-ring (bicyclic) bond motifs is 1. The first-order valence-electron chi connectivity index (χ1n) is 8.42. The lowest BCUT2D eigenvalue weighted by atomic mass is 10.0. The maximum absolute atomic E-state index is 14.5. The third kappa shape index (κ3) is 2.80. The second kappa shape index (κ2) is 6.61. The number of hydrogen-bond donors (Lipinski definition) is 1. The fourth-order valence-electron chi connectivity index (χ4n) is 3.20. The predicted molar refractivity (Wildman–Crippen MR) is 102 cm³/mol. The van der Waals surface area contributed by atoms with Crippen LogP contribution in [-0.4, -0.2) is 20.9 Å². The lowest BCUT2D eigenvalue weighted by Crippen LogP contribution is -2.22. The number of hydrogen-bond acceptors (Lipinski definition) is 3. The summed E-state index contributed by atoms with van der Waals surface area (Å²) in [6.45, 7) is 3.74. The van der Waals surface area contributed by atoms with Crippen molar-refractivity contribution in [3.05, 3.63) is 77.2 Å².